The van der Waals surface area contributed by atoms with Crippen LogP contribution < -0.4 is 10.5 Å². The largest absolute Gasteiger partial charge is 0.352 e. The zero-order valence-corrected chi connectivity index (χ0v) is 17.1. The number of carbonyl (C=O) groups is 2. The third kappa shape index (κ3) is 5.79. The maximum absolute atomic E-state index is 12.4. The van der Waals surface area contributed by atoms with Crippen LogP contribution in [0.15, 0.2) is 53.4 Å². The summed E-state index contributed by atoms with van der Waals surface area (Å²) in [4.78, 5) is 26.0. The highest BCUT2D eigenvalue weighted by Gasteiger charge is 2.19. The summed E-state index contributed by atoms with van der Waals surface area (Å²) < 4.78 is 23.0. The first kappa shape index (κ1) is 21.9. The molecule has 7 nitrogen and oxygen atoms in total. The van der Waals surface area contributed by atoms with Crippen molar-refractivity contribution in [2.45, 2.75) is 24.3 Å². The molecule has 2 aromatic carbocycles. The molecule has 0 aliphatic carbocycles. The summed E-state index contributed by atoms with van der Waals surface area (Å²) in [5.41, 5.74) is 1.10. The Balaban J connectivity index is 1.93. The van der Waals surface area contributed by atoms with Crippen LogP contribution in [0.4, 0.5) is 0 Å². The molecule has 0 heterocycles. The first-order valence-electron chi connectivity index (χ1n) is 8.52. The molecule has 2 aromatic rings. The molecule has 0 aliphatic rings. The number of sulfonamides is 1. The lowest BCUT2D eigenvalue weighted by Gasteiger charge is -2.25. The maximum atomic E-state index is 12.4. The number of nitrogens with one attached hydrogen (secondary N) is 1. The van der Waals surface area contributed by atoms with Crippen molar-refractivity contribution in [3.8, 4) is 0 Å². The Morgan fingerprint density at radius 1 is 1.18 bits per heavy atom. The molecule has 0 bridgehead atoms. The third-order valence-electron chi connectivity index (χ3n) is 4.37. The SMILES string of the molecule is CC(c1cccc(S(N)(=O)=O)c1)N(C)C(=O)CCNC(=O)c1ccc(Cl)cc1. The van der Waals surface area contributed by atoms with Gasteiger partial charge in [0.15, 0.2) is 0 Å². The molecule has 0 fully saturated rings. The highest BCUT2D eigenvalue weighted by molar-refractivity contribution is 7.89. The molecule has 0 saturated heterocycles. The van der Waals surface area contributed by atoms with Gasteiger partial charge < -0.3 is 10.2 Å². The number of nitrogens with zero attached hydrogens (tertiary/aromatic N) is 1. The second-order valence-electron chi connectivity index (χ2n) is 6.31. The number of amides is 2. The molecule has 3 N–H and O–H groups in total. The number of rotatable bonds is 7. The zero-order valence-electron chi connectivity index (χ0n) is 15.6. The lowest BCUT2D eigenvalue weighted by Crippen LogP contribution is -2.33. The van der Waals surface area contributed by atoms with E-state index in [2.05, 4.69) is 5.32 Å². The molecule has 0 saturated carbocycles. The normalized spacial score (nSPS) is 12.3. The Labute approximate surface area is 169 Å². The average Bonchev–Trinajstić information content (AvgIpc) is 2.66. The smallest absolute Gasteiger partial charge is 0.251 e. The first-order valence-corrected chi connectivity index (χ1v) is 10.4. The van der Waals surface area contributed by atoms with Crippen LogP contribution in [0.1, 0.15) is 35.3 Å². The number of benzene rings is 2. The second-order valence-corrected chi connectivity index (χ2v) is 8.31. The quantitative estimate of drug-likeness (QED) is 0.712. The van der Waals surface area contributed by atoms with Crippen molar-refractivity contribution >= 4 is 33.4 Å². The minimum atomic E-state index is -3.82. The van der Waals surface area contributed by atoms with Crippen molar-refractivity contribution in [3.05, 3.63) is 64.7 Å². The van der Waals surface area contributed by atoms with Crippen LogP contribution in [0.25, 0.3) is 0 Å². The van der Waals surface area contributed by atoms with Crippen molar-refractivity contribution in [2.75, 3.05) is 13.6 Å². The summed E-state index contributed by atoms with van der Waals surface area (Å²) in [6, 6.07) is 12.2. The van der Waals surface area contributed by atoms with Crippen molar-refractivity contribution < 1.29 is 18.0 Å². The van der Waals surface area contributed by atoms with Gasteiger partial charge in [-0.15, -0.1) is 0 Å². The molecule has 0 spiro atoms. The molecule has 9 heteroatoms. The van der Waals surface area contributed by atoms with Gasteiger partial charge in [-0.1, -0.05) is 23.7 Å². The minimum absolute atomic E-state index is 0.00655. The molecular formula is C19H22ClN3O4S. The molecule has 0 radical (unpaired) electrons. The lowest BCUT2D eigenvalue weighted by atomic mass is 10.1. The summed E-state index contributed by atoms with van der Waals surface area (Å²) in [7, 11) is -2.19. The molecule has 0 aromatic heterocycles. The summed E-state index contributed by atoms with van der Waals surface area (Å²) in [5.74, 6) is -0.481. The third-order valence-corrected chi connectivity index (χ3v) is 5.54. The van der Waals surface area contributed by atoms with E-state index in [1.165, 1.54) is 17.0 Å². The molecule has 1 unspecified atom stereocenters. The monoisotopic (exact) mass is 423 g/mol. The van der Waals surface area contributed by atoms with E-state index in [1.54, 1.807) is 50.4 Å². The number of carbonyl (C=O) groups excluding carboxylic acids is 2. The number of hydrogen-bond acceptors (Lipinski definition) is 4. The Bertz CT molecular complexity index is 961. The van der Waals surface area contributed by atoms with E-state index in [9.17, 15) is 18.0 Å². The second kappa shape index (κ2) is 9.18. The van der Waals surface area contributed by atoms with Crippen LogP contribution in [0.5, 0.6) is 0 Å². The van der Waals surface area contributed by atoms with E-state index in [0.29, 0.717) is 16.1 Å². The topological polar surface area (TPSA) is 110 Å². The Morgan fingerprint density at radius 3 is 2.43 bits per heavy atom. The van der Waals surface area contributed by atoms with Crippen LogP contribution in [-0.4, -0.2) is 38.7 Å². The summed E-state index contributed by atoms with van der Waals surface area (Å²) in [6.07, 6.45) is 0.106. The van der Waals surface area contributed by atoms with Crippen molar-refractivity contribution in [1.82, 2.24) is 10.2 Å². The van der Waals surface area contributed by atoms with Crippen LogP contribution in [0, 0.1) is 0 Å². The van der Waals surface area contributed by atoms with Crippen molar-refractivity contribution in [3.63, 3.8) is 0 Å². The number of nitrogens with two attached hydrogens (primary N) is 1. The number of hydrogen-bond donors (Lipinski definition) is 2. The van der Waals surface area contributed by atoms with E-state index in [1.807, 2.05) is 0 Å². The Kier molecular flexibility index (Phi) is 7.17. The average molecular weight is 424 g/mol. The van der Waals surface area contributed by atoms with Gasteiger partial charge in [-0.3, -0.25) is 9.59 Å². The van der Waals surface area contributed by atoms with Crippen LogP contribution in [0.3, 0.4) is 0 Å². The predicted molar refractivity (Wildman–Crippen MR) is 107 cm³/mol. The Hall–Kier alpha value is -2.42. The van der Waals surface area contributed by atoms with Crippen LogP contribution in [0.2, 0.25) is 5.02 Å². The van der Waals surface area contributed by atoms with E-state index >= 15 is 0 Å². The maximum Gasteiger partial charge on any atom is 0.251 e. The van der Waals surface area contributed by atoms with Crippen molar-refractivity contribution in [2.24, 2.45) is 5.14 Å². The molecular weight excluding hydrogens is 402 g/mol. The van der Waals surface area contributed by atoms with E-state index < -0.39 is 10.0 Å². The highest BCUT2D eigenvalue weighted by atomic mass is 35.5. The summed E-state index contributed by atoms with van der Waals surface area (Å²) in [5, 5.41) is 8.38. The fourth-order valence-corrected chi connectivity index (χ4v) is 3.25. The minimum Gasteiger partial charge on any atom is -0.352 e. The fraction of sp³-hybridized carbons (Fsp3) is 0.263. The fourth-order valence-electron chi connectivity index (χ4n) is 2.55. The van der Waals surface area contributed by atoms with Gasteiger partial charge in [0.05, 0.1) is 10.9 Å². The van der Waals surface area contributed by atoms with Gasteiger partial charge in [0, 0.05) is 30.6 Å². The van der Waals surface area contributed by atoms with Crippen LogP contribution >= 0.6 is 11.6 Å². The first-order chi connectivity index (χ1) is 13.1. The van der Waals surface area contributed by atoms with E-state index in [4.69, 9.17) is 16.7 Å². The molecule has 1 atom stereocenters. The molecule has 150 valence electrons. The van der Waals surface area contributed by atoms with Gasteiger partial charge in [-0.25, -0.2) is 13.6 Å². The van der Waals surface area contributed by atoms with Gasteiger partial charge in [0.1, 0.15) is 0 Å². The van der Waals surface area contributed by atoms with Crippen LogP contribution in [-0.2, 0) is 14.8 Å². The van der Waals surface area contributed by atoms with Gasteiger partial charge in [0.25, 0.3) is 5.91 Å². The van der Waals surface area contributed by atoms with Crippen molar-refractivity contribution in [1.29, 1.82) is 0 Å². The standard InChI is InChI=1S/C19H22ClN3O4S/c1-13(15-4-3-5-17(12-15)28(21,26)27)23(2)18(24)10-11-22-19(25)14-6-8-16(20)9-7-14/h3-9,12-13H,10-11H2,1-2H3,(H,22,25)(H2,21,26,27). The molecule has 2 amide bonds. The van der Waals surface area contributed by atoms with Gasteiger partial charge in [-0.05, 0) is 48.9 Å². The lowest BCUT2D eigenvalue weighted by molar-refractivity contribution is -0.131. The summed E-state index contributed by atoms with van der Waals surface area (Å²) >= 11 is 5.79. The number of halogens is 1. The molecule has 2 rings (SSSR count). The molecule has 28 heavy (non-hydrogen) atoms. The predicted octanol–water partition coefficient (Wildman–Crippen LogP) is 2.33. The van der Waals surface area contributed by atoms with E-state index in [-0.39, 0.29) is 35.7 Å². The number of primary sulfonamides is 1. The van der Waals surface area contributed by atoms with Gasteiger partial charge >= 0.3 is 0 Å². The zero-order chi connectivity index (χ0) is 20.9. The Morgan fingerprint density at radius 2 is 1.82 bits per heavy atom. The van der Waals surface area contributed by atoms with E-state index in [0.717, 1.165) is 0 Å². The molecule has 0 aliphatic heterocycles. The summed E-state index contributed by atoms with van der Waals surface area (Å²) in [6.45, 7) is 1.96. The van der Waals surface area contributed by atoms with Gasteiger partial charge in [0.2, 0.25) is 15.9 Å². The highest BCUT2D eigenvalue weighted by Crippen LogP contribution is 2.21. The van der Waals surface area contributed by atoms with Gasteiger partial charge in [-0.2, -0.15) is 0 Å².